The molecule has 0 bridgehead atoms. The minimum absolute atomic E-state index is 0.132. The molecule has 134 valence electrons. The van der Waals surface area contributed by atoms with E-state index in [1.165, 1.54) is 0 Å². The van der Waals surface area contributed by atoms with E-state index in [1.54, 1.807) is 12.0 Å². The first-order chi connectivity index (χ1) is 11.4. The fraction of sp³-hybridized carbons (Fsp3) is 0.556. The van der Waals surface area contributed by atoms with Crippen molar-refractivity contribution in [3.05, 3.63) is 35.9 Å². The maximum Gasteiger partial charge on any atom is 0.308 e. The maximum atomic E-state index is 12.4. The maximum absolute atomic E-state index is 12.4. The Morgan fingerprint density at radius 3 is 2.46 bits per heavy atom. The Morgan fingerprint density at radius 1 is 1.21 bits per heavy atom. The summed E-state index contributed by atoms with van der Waals surface area (Å²) in [7, 11) is 1.58. The summed E-state index contributed by atoms with van der Waals surface area (Å²) < 4.78 is 10.2. The zero-order chi connectivity index (χ0) is 17.9. The van der Waals surface area contributed by atoms with Gasteiger partial charge in [0.05, 0.1) is 19.1 Å². The number of rotatable bonds is 10. The van der Waals surface area contributed by atoms with E-state index in [-0.39, 0.29) is 18.9 Å². The molecule has 0 fully saturated rings. The van der Waals surface area contributed by atoms with Crippen molar-refractivity contribution >= 4 is 11.9 Å². The molecule has 1 amide bonds. The fourth-order valence-corrected chi connectivity index (χ4v) is 2.23. The van der Waals surface area contributed by atoms with Crippen LogP contribution in [0.25, 0.3) is 0 Å². The molecular formula is C18H28N2O4. The smallest absolute Gasteiger partial charge is 0.308 e. The number of methoxy groups -OCH3 is 1. The first-order valence-corrected chi connectivity index (χ1v) is 8.17. The van der Waals surface area contributed by atoms with Crippen LogP contribution in [0.4, 0.5) is 0 Å². The Balaban J connectivity index is 2.48. The van der Waals surface area contributed by atoms with E-state index in [0.29, 0.717) is 25.6 Å². The normalized spacial score (nSPS) is 12.0. The summed E-state index contributed by atoms with van der Waals surface area (Å²) >= 11 is 0. The first kappa shape index (κ1) is 20.1. The molecule has 24 heavy (non-hydrogen) atoms. The molecule has 2 N–H and O–H groups in total. The Morgan fingerprint density at radius 2 is 1.88 bits per heavy atom. The van der Waals surface area contributed by atoms with Gasteiger partial charge in [0, 0.05) is 20.2 Å². The van der Waals surface area contributed by atoms with Crippen molar-refractivity contribution in [2.75, 3.05) is 26.8 Å². The van der Waals surface area contributed by atoms with Gasteiger partial charge in [-0.25, -0.2) is 0 Å². The largest absolute Gasteiger partial charge is 0.461 e. The van der Waals surface area contributed by atoms with Gasteiger partial charge in [-0.15, -0.1) is 0 Å². The van der Waals surface area contributed by atoms with E-state index < -0.39 is 12.0 Å². The second kappa shape index (κ2) is 10.8. The quantitative estimate of drug-likeness (QED) is 0.656. The van der Waals surface area contributed by atoms with Crippen molar-refractivity contribution in [3.8, 4) is 0 Å². The lowest BCUT2D eigenvalue weighted by Gasteiger charge is -2.26. The molecule has 6 heteroatoms. The van der Waals surface area contributed by atoms with Gasteiger partial charge in [0.25, 0.3) is 0 Å². The predicted octanol–water partition coefficient (Wildman–Crippen LogP) is 1.58. The van der Waals surface area contributed by atoms with Crippen molar-refractivity contribution in [1.29, 1.82) is 0 Å². The van der Waals surface area contributed by atoms with E-state index >= 15 is 0 Å². The summed E-state index contributed by atoms with van der Waals surface area (Å²) in [6.07, 6.45) is -0.132. The molecule has 0 unspecified atom stereocenters. The second-order valence-corrected chi connectivity index (χ2v) is 6.13. The Kier molecular flexibility index (Phi) is 9.04. The number of hydrogen-bond donors (Lipinski definition) is 1. The third-order valence-electron chi connectivity index (χ3n) is 3.41. The fourth-order valence-electron chi connectivity index (χ4n) is 2.23. The van der Waals surface area contributed by atoms with Crippen molar-refractivity contribution in [2.45, 2.75) is 32.9 Å². The monoisotopic (exact) mass is 336 g/mol. The summed E-state index contributed by atoms with van der Waals surface area (Å²) in [6, 6.07) is 8.48. The number of nitrogens with two attached hydrogens (primary N) is 1. The number of benzene rings is 1. The number of ether oxygens (including phenoxy) is 2. The van der Waals surface area contributed by atoms with Crippen LogP contribution in [-0.2, 0) is 25.7 Å². The standard InChI is InChI=1S/C18H28N2O4/c1-14(2)12-20(9-10-23-3)18(22)16(19)11-17(21)24-13-15-7-5-4-6-8-15/h4-8,14,16H,9-13,19H2,1-3H3/t16-/m0/s1. The zero-order valence-corrected chi connectivity index (χ0v) is 14.7. The van der Waals surface area contributed by atoms with E-state index in [1.807, 2.05) is 44.2 Å². The van der Waals surface area contributed by atoms with E-state index in [9.17, 15) is 9.59 Å². The molecule has 0 aliphatic rings. The zero-order valence-electron chi connectivity index (χ0n) is 14.7. The summed E-state index contributed by atoms with van der Waals surface area (Å²) in [4.78, 5) is 26.0. The number of amides is 1. The molecule has 1 rings (SSSR count). The third kappa shape index (κ3) is 7.57. The lowest BCUT2D eigenvalue weighted by molar-refractivity contribution is -0.148. The molecule has 6 nitrogen and oxygen atoms in total. The molecule has 0 aromatic heterocycles. The number of nitrogens with zero attached hydrogens (tertiary/aromatic N) is 1. The average Bonchev–Trinajstić information content (AvgIpc) is 2.56. The van der Waals surface area contributed by atoms with E-state index in [0.717, 1.165) is 5.56 Å². The minimum atomic E-state index is -0.899. The van der Waals surface area contributed by atoms with Crippen LogP contribution in [0, 0.1) is 5.92 Å². The predicted molar refractivity (Wildman–Crippen MR) is 92.1 cm³/mol. The van der Waals surface area contributed by atoms with Gasteiger partial charge in [0.1, 0.15) is 6.61 Å². The lowest BCUT2D eigenvalue weighted by atomic mass is 10.1. The first-order valence-electron chi connectivity index (χ1n) is 8.17. The van der Waals surface area contributed by atoms with Crippen molar-refractivity contribution < 1.29 is 19.1 Å². The molecule has 0 saturated heterocycles. The highest BCUT2D eigenvalue weighted by atomic mass is 16.5. The molecule has 1 aromatic carbocycles. The molecule has 0 heterocycles. The molecule has 0 saturated carbocycles. The summed E-state index contributed by atoms with van der Waals surface area (Å²) in [6.45, 7) is 5.69. The van der Waals surface area contributed by atoms with Gasteiger partial charge >= 0.3 is 5.97 Å². The Hall–Kier alpha value is -1.92. The van der Waals surface area contributed by atoms with Gasteiger partial charge in [0.15, 0.2) is 0 Å². The summed E-state index contributed by atoms with van der Waals surface area (Å²) in [5, 5.41) is 0. The van der Waals surface area contributed by atoms with Crippen LogP contribution in [0.15, 0.2) is 30.3 Å². The van der Waals surface area contributed by atoms with Gasteiger partial charge in [-0.2, -0.15) is 0 Å². The van der Waals surface area contributed by atoms with Crippen LogP contribution in [0.3, 0.4) is 0 Å². The average molecular weight is 336 g/mol. The van der Waals surface area contributed by atoms with Crippen LogP contribution in [0.5, 0.6) is 0 Å². The van der Waals surface area contributed by atoms with Crippen LogP contribution >= 0.6 is 0 Å². The van der Waals surface area contributed by atoms with Crippen molar-refractivity contribution in [2.24, 2.45) is 11.7 Å². The minimum Gasteiger partial charge on any atom is -0.461 e. The molecular weight excluding hydrogens is 308 g/mol. The highest BCUT2D eigenvalue weighted by Crippen LogP contribution is 2.06. The number of esters is 1. The molecule has 0 aliphatic heterocycles. The highest BCUT2D eigenvalue weighted by molar-refractivity contribution is 5.86. The van der Waals surface area contributed by atoms with Crippen molar-refractivity contribution in [3.63, 3.8) is 0 Å². The number of carbonyl (C=O) groups is 2. The van der Waals surface area contributed by atoms with Gasteiger partial charge in [0.2, 0.25) is 5.91 Å². The third-order valence-corrected chi connectivity index (χ3v) is 3.41. The molecule has 1 atom stereocenters. The number of carbonyl (C=O) groups excluding carboxylic acids is 2. The van der Waals surface area contributed by atoms with Crippen LogP contribution < -0.4 is 5.73 Å². The van der Waals surface area contributed by atoms with Gasteiger partial charge in [-0.3, -0.25) is 9.59 Å². The Bertz CT molecular complexity index is 505. The molecule has 1 aromatic rings. The van der Waals surface area contributed by atoms with E-state index in [4.69, 9.17) is 15.2 Å². The topological polar surface area (TPSA) is 81.9 Å². The van der Waals surface area contributed by atoms with Gasteiger partial charge in [-0.1, -0.05) is 44.2 Å². The van der Waals surface area contributed by atoms with Crippen LogP contribution in [-0.4, -0.2) is 49.6 Å². The van der Waals surface area contributed by atoms with E-state index in [2.05, 4.69) is 0 Å². The summed E-state index contributed by atoms with van der Waals surface area (Å²) in [5.41, 5.74) is 6.80. The van der Waals surface area contributed by atoms with Crippen LogP contribution in [0.1, 0.15) is 25.8 Å². The lowest BCUT2D eigenvalue weighted by Crippen LogP contribution is -2.47. The SMILES string of the molecule is COCCN(CC(C)C)C(=O)[C@@H](N)CC(=O)OCc1ccccc1. The Labute approximate surface area is 143 Å². The summed E-state index contributed by atoms with van der Waals surface area (Å²) in [5.74, 6) is -0.420. The molecule has 0 aliphatic carbocycles. The molecule has 0 radical (unpaired) electrons. The van der Waals surface area contributed by atoms with Gasteiger partial charge < -0.3 is 20.1 Å². The van der Waals surface area contributed by atoms with Gasteiger partial charge in [-0.05, 0) is 11.5 Å². The number of hydrogen-bond acceptors (Lipinski definition) is 5. The van der Waals surface area contributed by atoms with Crippen LogP contribution in [0.2, 0.25) is 0 Å². The second-order valence-electron chi connectivity index (χ2n) is 6.13. The highest BCUT2D eigenvalue weighted by Gasteiger charge is 2.24. The van der Waals surface area contributed by atoms with Crippen molar-refractivity contribution in [1.82, 2.24) is 4.90 Å². The molecule has 0 spiro atoms.